The Morgan fingerprint density at radius 2 is 1.83 bits per heavy atom. The van der Waals surface area contributed by atoms with Crippen LogP contribution in [0.25, 0.3) is 0 Å². The van der Waals surface area contributed by atoms with Gasteiger partial charge in [0.05, 0.1) is 6.04 Å². The van der Waals surface area contributed by atoms with E-state index in [1.54, 1.807) is 0 Å². The van der Waals surface area contributed by atoms with E-state index in [-0.39, 0.29) is 17.9 Å². The standard InChI is InChI=1S/C9H20N2O/c1-6(2)5-11-9(12)8(10)7(3)4/h6-8H,5,10H2,1-4H3,(H,11,12)/t8-/m0/s1. The predicted molar refractivity (Wildman–Crippen MR) is 50.7 cm³/mol. The van der Waals surface area contributed by atoms with Crippen LogP contribution in [0.2, 0.25) is 0 Å². The van der Waals surface area contributed by atoms with Gasteiger partial charge in [-0.05, 0) is 11.8 Å². The van der Waals surface area contributed by atoms with Crippen molar-refractivity contribution in [3.05, 3.63) is 0 Å². The monoisotopic (exact) mass is 172 g/mol. The highest BCUT2D eigenvalue weighted by Gasteiger charge is 2.16. The van der Waals surface area contributed by atoms with E-state index in [1.807, 2.05) is 13.8 Å². The lowest BCUT2D eigenvalue weighted by Crippen LogP contribution is -2.44. The molecule has 1 amide bonds. The normalized spacial score (nSPS) is 13.6. The van der Waals surface area contributed by atoms with E-state index in [1.165, 1.54) is 0 Å². The number of rotatable bonds is 4. The van der Waals surface area contributed by atoms with Crippen LogP contribution < -0.4 is 11.1 Å². The molecule has 0 saturated carbocycles. The van der Waals surface area contributed by atoms with E-state index in [9.17, 15) is 4.79 Å². The molecule has 3 heteroatoms. The molecule has 0 spiro atoms. The Bertz CT molecular complexity index is 143. The first-order valence-electron chi connectivity index (χ1n) is 4.48. The number of carbonyl (C=O) groups excluding carboxylic acids is 1. The van der Waals surface area contributed by atoms with Crippen LogP contribution in [0.1, 0.15) is 27.7 Å². The van der Waals surface area contributed by atoms with Gasteiger partial charge in [-0.3, -0.25) is 4.79 Å². The maximum absolute atomic E-state index is 11.3. The van der Waals surface area contributed by atoms with E-state index in [0.717, 1.165) is 0 Å². The molecule has 0 aliphatic carbocycles. The molecular weight excluding hydrogens is 152 g/mol. The smallest absolute Gasteiger partial charge is 0.237 e. The van der Waals surface area contributed by atoms with Gasteiger partial charge in [-0.1, -0.05) is 27.7 Å². The molecule has 1 atom stereocenters. The van der Waals surface area contributed by atoms with Gasteiger partial charge in [0.15, 0.2) is 0 Å². The second-order valence-electron chi connectivity index (χ2n) is 3.91. The molecule has 0 saturated heterocycles. The largest absolute Gasteiger partial charge is 0.354 e. The maximum atomic E-state index is 11.3. The van der Waals surface area contributed by atoms with Gasteiger partial charge < -0.3 is 11.1 Å². The third kappa shape index (κ3) is 4.34. The molecule has 3 nitrogen and oxygen atoms in total. The molecule has 0 aromatic rings. The first-order chi connectivity index (χ1) is 5.45. The Morgan fingerprint density at radius 3 is 2.17 bits per heavy atom. The van der Waals surface area contributed by atoms with Crippen molar-refractivity contribution in [3.63, 3.8) is 0 Å². The van der Waals surface area contributed by atoms with Gasteiger partial charge in [-0.25, -0.2) is 0 Å². The van der Waals surface area contributed by atoms with Crippen molar-refractivity contribution >= 4 is 5.91 Å². The third-order valence-corrected chi connectivity index (χ3v) is 1.71. The van der Waals surface area contributed by atoms with Gasteiger partial charge in [-0.15, -0.1) is 0 Å². The summed E-state index contributed by atoms with van der Waals surface area (Å²) in [6.45, 7) is 8.71. The minimum atomic E-state index is -0.372. The summed E-state index contributed by atoms with van der Waals surface area (Å²) in [5.74, 6) is 0.643. The third-order valence-electron chi connectivity index (χ3n) is 1.71. The summed E-state index contributed by atoms with van der Waals surface area (Å²) in [7, 11) is 0. The molecule has 0 heterocycles. The predicted octanol–water partition coefficient (Wildman–Crippen LogP) is 0.742. The van der Waals surface area contributed by atoms with Crippen LogP contribution >= 0.6 is 0 Å². The Morgan fingerprint density at radius 1 is 1.33 bits per heavy atom. The van der Waals surface area contributed by atoms with Crippen LogP contribution in [-0.4, -0.2) is 18.5 Å². The van der Waals surface area contributed by atoms with E-state index in [2.05, 4.69) is 19.2 Å². The minimum absolute atomic E-state index is 0.0429. The summed E-state index contributed by atoms with van der Waals surface area (Å²) >= 11 is 0. The lowest BCUT2D eigenvalue weighted by Gasteiger charge is -2.16. The molecule has 0 fully saturated rings. The highest BCUT2D eigenvalue weighted by atomic mass is 16.2. The van der Waals surface area contributed by atoms with Gasteiger partial charge in [0, 0.05) is 6.54 Å². The van der Waals surface area contributed by atoms with Crippen molar-refractivity contribution in [1.82, 2.24) is 5.32 Å². The van der Waals surface area contributed by atoms with Crippen LogP contribution in [0.5, 0.6) is 0 Å². The lowest BCUT2D eigenvalue weighted by atomic mass is 10.0. The molecule has 0 aliphatic heterocycles. The van der Waals surface area contributed by atoms with Crippen LogP contribution in [0.15, 0.2) is 0 Å². The first kappa shape index (κ1) is 11.4. The minimum Gasteiger partial charge on any atom is -0.354 e. The molecule has 72 valence electrons. The topological polar surface area (TPSA) is 55.1 Å². The van der Waals surface area contributed by atoms with Crippen LogP contribution in [-0.2, 0) is 4.79 Å². The Kier molecular flexibility index (Phi) is 4.90. The second-order valence-corrected chi connectivity index (χ2v) is 3.91. The average Bonchev–Trinajstić information content (AvgIpc) is 1.98. The number of nitrogens with two attached hydrogens (primary N) is 1. The van der Waals surface area contributed by atoms with Crippen molar-refractivity contribution in [2.75, 3.05) is 6.54 Å². The van der Waals surface area contributed by atoms with Crippen molar-refractivity contribution in [1.29, 1.82) is 0 Å². The number of nitrogens with one attached hydrogen (secondary N) is 1. The molecule has 0 bridgehead atoms. The zero-order valence-corrected chi connectivity index (χ0v) is 8.42. The quantitative estimate of drug-likeness (QED) is 0.657. The maximum Gasteiger partial charge on any atom is 0.237 e. The molecule has 0 aromatic carbocycles. The summed E-state index contributed by atoms with van der Waals surface area (Å²) in [4.78, 5) is 11.3. The fourth-order valence-corrected chi connectivity index (χ4v) is 0.725. The van der Waals surface area contributed by atoms with Gasteiger partial charge in [0.2, 0.25) is 5.91 Å². The fourth-order valence-electron chi connectivity index (χ4n) is 0.725. The number of amides is 1. The van der Waals surface area contributed by atoms with E-state index in [0.29, 0.717) is 12.5 Å². The van der Waals surface area contributed by atoms with E-state index >= 15 is 0 Å². The summed E-state index contributed by atoms with van der Waals surface area (Å²) in [5.41, 5.74) is 5.63. The first-order valence-corrected chi connectivity index (χ1v) is 4.48. The van der Waals surface area contributed by atoms with Crippen molar-refractivity contribution < 1.29 is 4.79 Å². The molecule has 0 aromatic heterocycles. The van der Waals surface area contributed by atoms with Gasteiger partial charge in [0.1, 0.15) is 0 Å². The van der Waals surface area contributed by atoms with E-state index in [4.69, 9.17) is 5.73 Å². The summed E-state index contributed by atoms with van der Waals surface area (Å²) in [6.07, 6.45) is 0. The lowest BCUT2D eigenvalue weighted by molar-refractivity contribution is -0.123. The number of hydrogen-bond acceptors (Lipinski definition) is 2. The molecule has 0 radical (unpaired) electrons. The molecule has 3 N–H and O–H groups in total. The molecule has 0 unspecified atom stereocenters. The molecule has 0 aliphatic rings. The number of carbonyl (C=O) groups is 1. The van der Waals surface area contributed by atoms with Crippen LogP contribution in [0, 0.1) is 11.8 Å². The van der Waals surface area contributed by atoms with Crippen LogP contribution in [0.3, 0.4) is 0 Å². The SMILES string of the molecule is CC(C)CNC(=O)[C@@H](N)C(C)C. The summed E-state index contributed by atoms with van der Waals surface area (Å²) in [5, 5.41) is 2.80. The highest BCUT2D eigenvalue weighted by molar-refractivity contribution is 5.81. The number of hydrogen-bond donors (Lipinski definition) is 2. The average molecular weight is 172 g/mol. The van der Waals surface area contributed by atoms with Gasteiger partial charge in [0.25, 0.3) is 0 Å². The summed E-state index contributed by atoms with van der Waals surface area (Å²) < 4.78 is 0. The van der Waals surface area contributed by atoms with Crippen LogP contribution in [0.4, 0.5) is 0 Å². The van der Waals surface area contributed by atoms with E-state index < -0.39 is 0 Å². The molecule has 12 heavy (non-hydrogen) atoms. The molecule has 0 rings (SSSR count). The van der Waals surface area contributed by atoms with Crippen molar-refractivity contribution in [2.24, 2.45) is 17.6 Å². The van der Waals surface area contributed by atoms with Gasteiger partial charge >= 0.3 is 0 Å². The second kappa shape index (κ2) is 5.14. The Balaban J connectivity index is 3.72. The molecular formula is C9H20N2O. The zero-order valence-electron chi connectivity index (χ0n) is 8.42. The van der Waals surface area contributed by atoms with Crippen molar-refractivity contribution in [2.45, 2.75) is 33.7 Å². The highest BCUT2D eigenvalue weighted by Crippen LogP contribution is 1.98. The van der Waals surface area contributed by atoms with Gasteiger partial charge in [-0.2, -0.15) is 0 Å². The summed E-state index contributed by atoms with van der Waals surface area (Å²) in [6, 6.07) is -0.372. The zero-order chi connectivity index (χ0) is 9.72. The Hall–Kier alpha value is -0.570. The Labute approximate surface area is 74.7 Å². The fraction of sp³-hybridized carbons (Fsp3) is 0.889. The van der Waals surface area contributed by atoms with Crippen molar-refractivity contribution in [3.8, 4) is 0 Å².